The number of aliphatic imine (C=N–C) groups is 1. The molecule has 1 atom stereocenters. The van der Waals surface area contributed by atoms with Gasteiger partial charge in [-0.2, -0.15) is 0 Å². The van der Waals surface area contributed by atoms with Gasteiger partial charge in [0.1, 0.15) is 0 Å². The summed E-state index contributed by atoms with van der Waals surface area (Å²) in [4.78, 5) is 17.2. The first-order chi connectivity index (χ1) is 11.4. The van der Waals surface area contributed by atoms with Gasteiger partial charge in [-0.15, -0.1) is 11.6 Å². The molecule has 1 aromatic rings. The van der Waals surface area contributed by atoms with Crippen molar-refractivity contribution in [2.24, 2.45) is 4.99 Å². The van der Waals surface area contributed by atoms with E-state index in [9.17, 15) is 4.79 Å². The van der Waals surface area contributed by atoms with Crippen molar-refractivity contribution in [2.75, 3.05) is 0 Å². The van der Waals surface area contributed by atoms with Crippen LogP contribution in [0.3, 0.4) is 0 Å². The molecule has 3 rings (SSSR count). The van der Waals surface area contributed by atoms with E-state index >= 15 is 0 Å². The molecule has 24 heavy (non-hydrogen) atoms. The van der Waals surface area contributed by atoms with Gasteiger partial charge in [0.05, 0.1) is 16.0 Å². The van der Waals surface area contributed by atoms with Crippen LogP contribution in [0.4, 0.5) is 5.69 Å². The van der Waals surface area contributed by atoms with E-state index in [-0.39, 0.29) is 11.3 Å². The second kappa shape index (κ2) is 7.18. The van der Waals surface area contributed by atoms with Crippen LogP contribution in [0.5, 0.6) is 0 Å². The lowest BCUT2D eigenvalue weighted by Gasteiger charge is -2.11. The Labute approximate surface area is 155 Å². The lowest BCUT2D eigenvalue weighted by Crippen LogP contribution is -2.19. The maximum Gasteiger partial charge on any atom is 0.264 e. The minimum Gasteiger partial charge on any atom is -0.300 e. The van der Waals surface area contributed by atoms with Gasteiger partial charge < -0.3 is 5.32 Å². The number of hydrogen-bond acceptors (Lipinski definition) is 3. The smallest absolute Gasteiger partial charge is 0.264 e. The number of thioether (sulfide) groups is 1. The Bertz CT molecular complexity index is 824. The van der Waals surface area contributed by atoms with Gasteiger partial charge in [0.25, 0.3) is 5.91 Å². The van der Waals surface area contributed by atoms with E-state index < -0.39 is 0 Å². The van der Waals surface area contributed by atoms with Crippen LogP contribution in [0.25, 0.3) is 0 Å². The first-order valence-electron chi connectivity index (χ1n) is 7.50. The normalized spacial score (nSPS) is 24.2. The van der Waals surface area contributed by atoms with Gasteiger partial charge in [0, 0.05) is 11.5 Å². The number of benzene rings is 1. The van der Waals surface area contributed by atoms with E-state index in [0.717, 1.165) is 11.3 Å². The lowest BCUT2D eigenvalue weighted by molar-refractivity contribution is -0.115. The third kappa shape index (κ3) is 3.94. The molecule has 1 aromatic carbocycles. The van der Waals surface area contributed by atoms with Gasteiger partial charge >= 0.3 is 0 Å². The number of nitrogens with one attached hydrogen (secondary N) is 1. The Morgan fingerprint density at radius 1 is 1.33 bits per heavy atom. The Kier molecular flexibility index (Phi) is 5.18. The van der Waals surface area contributed by atoms with Crippen molar-refractivity contribution in [3.05, 3.63) is 63.1 Å². The molecule has 0 unspecified atom stereocenters. The Morgan fingerprint density at radius 2 is 2.12 bits per heavy atom. The van der Waals surface area contributed by atoms with Gasteiger partial charge in [-0.25, -0.2) is 4.99 Å². The zero-order chi connectivity index (χ0) is 17.3. The molecule has 1 aliphatic heterocycles. The zero-order valence-electron chi connectivity index (χ0n) is 13.3. The minimum absolute atomic E-state index is 0.0911. The molecule has 0 aromatic heterocycles. The van der Waals surface area contributed by atoms with Crippen molar-refractivity contribution in [3.63, 3.8) is 0 Å². The fourth-order valence-corrected chi connectivity index (χ4v) is 3.74. The highest BCUT2D eigenvalue weighted by Gasteiger charge is 2.25. The lowest BCUT2D eigenvalue weighted by atomic mass is 10.1. The average molecular weight is 379 g/mol. The number of alkyl halides is 1. The van der Waals surface area contributed by atoms with Crippen LogP contribution in [-0.4, -0.2) is 16.5 Å². The largest absolute Gasteiger partial charge is 0.300 e. The second-order valence-electron chi connectivity index (χ2n) is 5.69. The third-order valence-electron chi connectivity index (χ3n) is 3.83. The van der Waals surface area contributed by atoms with E-state index in [1.807, 2.05) is 37.3 Å². The number of halogens is 2. The summed E-state index contributed by atoms with van der Waals surface area (Å²) >= 11 is 13.6. The molecule has 1 saturated heterocycles. The Hall–Kier alpha value is -1.49. The Morgan fingerprint density at radius 3 is 2.83 bits per heavy atom. The number of hydrogen-bond donors (Lipinski definition) is 1. The van der Waals surface area contributed by atoms with Crippen LogP contribution >= 0.6 is 35.0 Å². The summed E-state index contributed by atoms with van der Waals surface area (Å²) in [6.45, 7) is 4.10. The van der Waals surface area contributed by atoms with Crippen LogP contribution in [0.1, 0.15) is 17.5 Å². The molecular weight excluding hydrogens is 363 g/mol. The number of carbonyl (C=O) groups is 1. The minimum atomic E-state index is -0.166. The van der Waals surface area contributed by atoms with E-state index in [1.165, 1.54) is 22.9 Å². The number of amides is 1. The summed E-state index contributed by atoms with van der Waals surface area (Å²) in [7, 11) is 0. The van der Waals surface area contributed by atoms with Crippen LogP contribution in [0.15, 0.2) is 56.9 Å². The molecule has 0 saturated carbocycles. The fourth-order valence-electron chi connectivity index (χ4n) is 2.32. The van der Waals surface area contributed by atoms with Crippen LogP contribution in [0, 0.1) is 13.8 Å². The average Bonchev–Trinajstić information content (AvgIpc) is 2.85. The monoisotopic (exact) mass is 378 g/mol. The van der Waals surface area contributed by atoms with Crippen LogP contribution in [-0.2, 0) is 4.79 Å². The van der Waals surface area contributed by atoms with Crippen molar-refractivity contribution >= 4 is 51.7 Å². The van der Waals surface area contributed by atoms with Gasteiger partial charge in [0.2, 0.25) is 0 Å². The number of nitrogens with zero attached hydrogens (tertiary/aromatic N) is 1. The highest BCUT2D eigenvalue weighted by Crippen LogP contribution is 2.32. The summed E-state index contributed by atoms with van der Waals surface area (Å²) in [5, 5.41) is 3.93. The number of amidine groups is 1. The van der Waals surface area contributed by atoms with Gasteiger partial charge in [-0.05, 0) is 60.5 Å². The Balaban J connectivity index is 1.82. The van der Waals surface area contributed by atoms with Gasteiger partial charge in [-0.1, -0.05) is 29.8 Å². The van der Waals surface area contributed by atoms with Crippen molar-refractivity contribution < 1.29 is 4.79 Å². The zero-order valence-corrected chi connectivity index (χ0v) is 15.6. The topological polar surface area (TPSA) is 41.5 Å². The molecular formula is C18H16Cl2N2OS. The molecule has 0 bridgehead atoms. The number of carbonyl (C=O) groups excluding carboxylic acids is 1. The second-order valence-corrected chi connectivity index (χ2v) is 7.74. The molecule has 0 radical (unpaired) electrons. The molecule has 124 valence electrons. The molecule has 1 N–H and O–H groups in total. The van der Waals surface area contributed by atoms with E-state index in [2.05, 4.69) is 17.2 Å². The predicted molar refractivity (Wildman–Crippen MR) is 103 cm³/mol. The van der Waals surface area contributed by atoms with Gasteiger partial charge in [-0.3, -0.25) is 4.79 Å². The molecule has 0 spiro atoms. The summed E-state index contributed by atoms with van der Waals surface area (Å²) in [6.07, 6.45) is 6.09. The molecule has 6 heteroatoms. The standard InChI is InChI=1S/C18H16Cl2N2OS/c1-10-3-6-14(7-11(10)2)21-18-22-17(23)16(24-18)8-12-4-5-13(19)9-15(12)20/h3-8,13H,9H2,1-2H3,(H,21,22,23)/b16-8-/t13-/m1/s1. The first kappa shape index (κ1) is 17.3. The van der Waals surface area contributed by atoms with Crippen molar-refractivity contribution in [3.8, 4) is 0 Å². The summed E-state index contributed by atoms with van der Waals surface area (Å²) in [6, 6.07) is 5.96. The maximum absolute atomic E-state index is 12.1. The summed E-state index contributed by atoms with van der Waals surface area (Å²) in [5.74, 6) is -0.166. The number of allylic oxidation sites excluding steroid dienone is 5. The van der Waals surface area contributed by atoms with Crippen molar-refractivity contribution in [2.45, 2.75) is 25.6 Å². The number of aryl methyl sites for hydroxylation is 2. The van der Waals surface area contributed by atoms with E-state index in [0.29, 0.717) is 21.5 Å². The van der Waals surface area contributed by atoms with Crippen LogP contribution in [0.2, 0.25) is 0 Å². The third-order valence-corrected chi connectivity index (χ3v) is 5.41. The highest BCUT2D eigenvalue weighted by molar-refractivity contribution is 8.18. The molecule has 1 fully saturated rings. The van der Waals surface area contributed by atoms with E-state index in [1.54, 1.807) is 6.08 Å². The van der Waals surface area contributed by atoms with Crippen molar-refractivity contribution in [1.29, 1.82) is 0 Å². The fraction of sp³-hybridized carbons (Fsp3) is 0.222. The quantitative estimate of drug-likeness (QED) is 0.574. The molecule has 1 heterocycles. The number of rotatable bonds is 2. The summed E-state index contributed by atoms with van der Waals surface area (Å²) in [5.41, 5.74) is 4.02. The highest BCUT2D eigenvalue weighted by atomic mass is 35.5. The molecule has 3 nitrogen and oxygen atoms in total. The molecule has 1 aliphatic carbocycles. The molecule has 2 aliphatic rings. The van der Waals surface area contributed by atoms with Crippen molar-refractivity contribution in [1.82, 2.24) is 5.32 Å². The SMILES string of the molecule is Cc1ccc(N=C2NC(=O)/C(=C/C3=C(Cl)C[C@H](Cl)C=C3)S2)cc1C. The molecule has 1 amide bonds. The van der Waals surface area contributed by atoms with E-state index in [4.69, 9.17) is 23.2 Å². The van der Waals surface area contributed by atoms with Gasteiger partial charge in [0.15, 0.2) is 5.17 Å². The maximum atomic E-state index is 12.1. The van der Waals surface area contributed by atoms with Crippen LogP contribution < -0.4 is 5.32 Å². The predicted octanol–water partition coefficient (Wildman–Crippen LogP) is 5.10. The first-order valence-corrected chi connectivity index (χ1v) is 9.13. The summed E-state index contributed by atoms with van der Waals surface area (Å²) < 4.78 is 0.